The van der Waals surface area contributed by atoms with Crippen LogP contribution in [0, 0.1) is 6.92 Å². The quantitative estimate of drug-likeness (QED) is 0.273. The first-order chi connectivity index (χ1) is 19.2. The first-order valence-electron chi connectivity index (χ1n) is 13.4. The fraction of sp³-hybridized carbons (Fsp3) is 0.367. The standard InChI is InChI=1S/C30H34ClN5O4/c1-19-8-10-22(11-9-19)17-26(38)32-24-14-12-21(13-15-24)16-25-34-29(31)28(40-20(2)37)30(35-25)36(3)18-27(39)33-23-6-4-5-7-23/h8-15,23H,4-7,16-18H2,1-3H3,(H,32,38)(H,33,39). The van der Waals surface area contributed by atoms with Crippen LogP contribution >= 0.6 is 11.6 Å². The number of nitrogens with zero attached hydrogens (tertiary/aromatic N) is 3. The number of hydrogen-bond acceptors (Lipinski definition) is 7. The molecule has 9 nitrogen and oxygen atoms in total. The van der Waals surface area contributed by atoms with Gasteiger partial charge in [0.15, 0.2) is 11.0 Å². The number of amides is 2. The van der Waals surface area contributed by atoms with Crippen LogP contribution in [0.1, 0.15) is 55.1 Å². The van der Waals surface area contributed by atoms with E-state index in [9.17, 15) is 14.4 Å². The average molecular weight is 564 g/mol. The van der Waals surface area contributed by atoms with Crippen LogP contribution in [0.5, 0.6) is 5.75 Å². The minimum absolute atomic E-state index is 0.0146. The molecule has 4 rings (SSSR count). The second-order valence-corrected chi connectivity index (χ2v) is 10.5. The van der Waals surface area contributed by atoms with E-state index >= 15 is 0 Å². The van der Waals surface area contributed by atoms with Gasteiger partial charge in [0.1, 0.15) is 5.82 Å². The van der Waals surface area contributed by atoms with Crippen LogP contribution < -0.4 is 20.3 Å². The number of carbonyl (C=O) groups excluding carboxylic acids is 3. The normalized spacial score (nSPS) is 13.1. The van der Waals surface area contributed by atoms with E-state index in [0.29, 0.717) is 17.9 Å². The highest BCUT2D eigenvalue weighted by Crippen LogP contribution is 2.33. The number of halogens is 1. The lowest BCUT2D eigenvalue weighted by Gasteiger charge is -2.22. The monoisotopic (exact) mass is 563 g/mol. The van der Waals surface area contributed by atoms with Crippen LogP contribution in [0.2, 0.25) is 5.15 Å². The number of aromatic nitrogens is 2. The van der Waals surface area contributed by atoms with E-state index in [4.69, 9.17) is 16.3 Å². The van der Waals surface area contributed by atoms with E-state index < -0.39 is 5.97 Å². The third-order valence-electron chi connectivity index (χ3n) is 6.65. The number of anilines is 2. The Bertz CT molecular complexity index is 1360. The number of aryl methyl sites for hydroxylation is 1. The summed E-state index contributed by atoms with van der Waals surface area (Å²) in [6, 6.07) is 15.4. The molecule has 0 bridgehead atoms. The minimum atomic E-state index is -0.566. The lowest BCUT2D eigenvalue weighted by atomic mass is 10.1. The number of likely N-dealkylation sites (N-methyl/N-ethyl adjacent to an activating group) is 1. The van der Waals surface area contributed by atoms with E-state index in [-0.39, 0.29) is 47.5 Å². The number of rotatable bonds is 10. The first-order valence-corrected chi connectivity index (χ1v) is 13.7. The molecule has 0 spiro atoms. The summed E-state index contributed by atoms with van der Waals surface area (Å²) in [4.78, 5) is 47.3. The maximum Gasteiger partial charge on any atom is 0.308 e. The van der Waals surface area contributed by atoms with Gasteiger partial charge in [0.05, 0.1) is 13.0 Å². The van der Waals surface area contributed by atoms with Crippen molar-refractivity contribution in [2.45, 2.75) is 58.4 Å². The smallest absolute Gasteiger partial charge is 0.308 e. The summed E-state index contributed by atoms with van der Waals surface area (Å²) < 4.78 is 5.31. The molecular formula is C30H34ClN5O4. The van der Waals surface area contributed by atoms with Gasteiger partial charge in [0.25, 0.3) is 0 Å². The molecule has 0 unspecified atom stereocenters. The summed E-state index contributed by atoms with van der Waals surface area (Å²) in [5, 5.41) is 5.95. The zero-order valence-electron chi connectivity index (χ0n) is 23.0. The molecule has 40 heavy (non-hydrogen) atoms. The number of ether oxygens (including phenoxy) is 1. The van der Waals surface area contributed by atoms with E-state index in [0.717, 1.165) is 42.4 Å². The highest BCUT2D eigenvalue weighted by atomic mass is 35.5. The Balaban J connectivity index is 1.43. The van der Waals surface area contributed by atoms with Gasteiger partial charge in [-0.3, -0.25) is 14.4 Å². The number of esters is 1. The van der Waals surface area contributed by atoms with Crippen molar-refractivity contribution in [1.82, 2.24) is 15.3 Å². The van der Waals surface area contributed by atoms with E-state index in [1.54, 1.807) is 11.9 Å². The van der Waals surface area contributed by atoms with Gasteiger partial charge in [0, 0.05) is 32.1 Å². The van der Waals surface area contributed by atoms with Crippen LogP contribution in [-0.4, -0.2) is 47.4 Å². The lowest BCUT2D eigenvalue weighted by Crippen LogP contribution is -2.40. The molecular weight excluding hydrogens is 530 g/mol. The molecule has 2 amide bonds. The molecule has 0 radical (unpaired) electrons. The van der Waals surface area contributed by atoms with Crippen LogP contribution in [0.4, 0.5) is 11.5 Å². The second-order valence-electron chi connectivity index (χ2n) is 10.2. The van der Waals surface area contributed by atoms with Crippen molar-refractivity contribution in [3.05, 3.63) is 76.2 Å². The molecule has 2 aromatic carbocycles. The van der Waals surface area contributed by atoms with Crippen molar-refractivity contribution in [3.63, 3.8) is 0 Å². The van der Waals surface area contributed by atoms with Gasteiger partial charge in [-0.05, 0) is 43.0 Å². The van der Waals surface area contributed by atoms with Crippen LogP contribution in [0.3, 0.4) is 0 Å². The summed E-state index contributed by atoms with van der Waals surface area (Å²) in [5.74, 6) is -0.136. The van der Waals surface area contributed by atoms with E-state index in [1.165, 1.54) is 6.92 Å². The molecule has 1 aromatic heterocycles. The van der Waals surface area contributed by atoms with Gasteiger partial charge >= 0.3 is 5.97 Å². The van der Waals surface area contributed by atoms with Crippen LogP contribution in [0.25, 0.3) is 0 Å². The highest BCUT2D eigenvalue weighted by molar-refractivity contribution is 6.31. The molecule has 1 fully saturated rings. The summed E-state index contributed by atoms with van der Waals surface area (Å²) in [7, 11) is 1.69. The summed E-state index contributed by atoms with van der Waals surface area (Å²) in [5.41, 5.74) is 3.66. The molecule has 1 heterocycles. The second kappa shape index (κ2) is 13.4. The number of nitrogens with one attached hydrogen (secondary N) is 2. The van der Waals surface area contributed by atoms with Crippen molar-refractivity contribution in [2.24, 2.45) is 0 Å². The molecule has 0 aliphatic heterocycles. The molecule has 0 saturated heterocycles. The van der Waals surface area contributed by atoms with Gasteiger partial charge in [-0.2, -0.15) is 0 Å². The maximum absolute atomic E-state index is 12.6. The Morgan fingerprint density at radius 3 is 2.27 bits per heavy atom. The number of carbonyl (C=O) groups is 3. The van der Waals surface area contributed by atoms with Gasteiger partial charge < -0.3 is 20.3 Å². The molecule has 1 saturated carbocycles. The van der Waals surface area contributed by atoms with Gasteiger partial charge in [0.2, 0.25) is 17.6 Å². The van der Waals surface area contributed by atoms with Crippen molar-refractivity contribution in [2.75, 3.05) is 23.8 Å². The van der Waals surface area contributed by atoms with Crippen LogP contribution in [-0.2, 0) is 27.2 Å². The fourth-order valence-corrected chi connectivity index (χ4v) is 4.86. The Morgan fingerprint density at radius 1 is 0.975 bits per heavy atom. The van der Waals surface area contributed by atoms with Crippen molar-refractivity contribution in [1.29, 1.82) is 0 Å². The summed E-state index contributed by atoms with van der Waals surface area (Å²) >= 11 is 6.42. The molecule has 3 aromatic rings. The molecule has 2 N–H and O–H groups in total. The maximum atomic E-state index is 12.6. The Morgan fingerprint density at radius 2 is 1.62 bits per heavy atom. The Hall–Kier alpha value is -3.98. The van der Waals surface area contributed by atoms with Crippen molar-refractivity contribution >= 4 is 40.9 Å². The fourth-order valence-electron chi connectivity index (χ4n) is 4.64. The predicted octanol–water partition coefficient (Wildman–Crippen LogP) is 4.63. The molecule has 10 heteroatoms. The first kappa shape index (κ1) is 29.0. The van der Waals surface area contributed by atoms with Gasteiger partial charge in [-0.1, -0.05) is 66.4 Å². The minimum Gasteiger partial charge on any atom is -0.419 e. The zero-order valence-corrected chi connectivity index (χ0v) is 23.8. The van der Waals surface area contributed by atoms with Crippen LogP contribution in [0.15, 0.2) is 48.5 Å². The van der Waals surface area contributed by atoms with Gasteiger partial charge in [-0.15, -0.1) is 0 Å². The van der Waals surface area contributed by atoms with E-state index in [2.05, 4.69) is 20.6 Å². The molecule has 210 valence electrons. The largest absolute Gasteiger partial charge is 0.419 e. The summed E-state index contributed by atoms with van der Waals surface area (Å²) in [6.45, 7) is 3.30. The zero-order chi connectivity index (χ0) is 28.6. The summed E-state index contributed by atoms with van der Waals surface area (Å²) in [6.07, 6.45) is 4.82. The average Bonchev–Trinajstić information content (AvgIpc) is 3.40. The van der Waals surface area contributed by atoms with E-state index in [1.807, 2.05) is 55.5 Å². The van der Waals surface area contributed by atoms with Gasteiger partial charge in [-0.25, -0.2) is 9.97 Å². The third kappa shape index (κ3) is 8.26. The molecule has 1 aliphatic rings. The predicted molar refractivity (Wildman–Crippen MR) is 155 cm³/mol. The number of hydrogen-bond donors (Lipinski definition) is 2. The van der Waals surface area contributed by atoms with Crippen molar-refractivity contribution < 1.29 is 19.1 Å². The Kier molecular flexibility index (Phi) is 9.71. The third-order valence-corrected chi connectivity index (χ3v) is 6.90. The molecule has 0 atom stereocenters. The Labute approximate surface area is 239 Å². The van der Waals surface area contributed by atoms with Crippen molar-refractivity contribution in [3.8, 4) is 5.75 Å². The lowest BCUT2D eigenvalue weighted by molar-refractivity contribution is -0.131. The SMILES string of the molecule is CC(=O)Oc1c(Cl)nc(Cc2ccc(NC(=O)Cc3ccc(C)cc3)cc2)nc1N(C)CC(=O)NC1CCCC1. The molecule has 1 aliphatic carbocycles. The number of benzene rings is 2. The topological polar surface area (TPSA) is 114 Å². The highest BCUT2D eigenvalue weighted by Gasteiger charge is 2.23.